The molecule has 0 N–H and O–H groups in total. The molecule has 0 bridgehead atoms. The molecule has 1 aromatic heterocycles. The number of nitrogens with zero attached hydrogens (tertiary/aromatic N) is 3. The minimum absolute atomic E-state index is 0.0263. The summed E-state index contributed by atoms with van der Waals surface area (Å²) in [5.74, 6) is 0.455. The van der Waals surface area contributed by atoms with Crippen LogP contribution in [-0.4, -0.2) is 32.9 Å². The second kappa shape index (κ2) is 7.43. The molecule has 24 heavy (non-hydrogen) atoms. The highest BCUT2D eigenvalue weighted by atomic mass is 35.5. The molecule has 0 spiro atoms. The van der Waals surface area contributed by atoms with E-state index in [-0.39, 0.29) is 36.2 Å². The zero-order chi connectivity index (χ0) is 18.0. The van der Waals surface area contributed by atoms with Crippen LogP contribution in [0, 0.1) is 0 Å². The van der Waals surface area contributed by atoms with E-state index in [4.69, 9.17) is 21.2 Å². The number of halogens is 4. The molecule has 5 nitrogen and oxygen atoms in total. The van der Waals surface area contributed by atoms with Crippen molar-refractivity contribution in [1.29, 1.82) is 0 Å². The van der Waals surface area contributed by atoms with E-state index in [0.717, 1.165) is 0 Å². The van der Waals surface area contributed by atoms with Crippen LogP contribution in [0.1, 0.15) is 38.4 Å². The standard InChI is InChI=1S/C14H19ClF3N3O2S/c1-4-21-12(22-5-2)9(11(19-21)14(16,17)18)7-24-10-6-13(3,8-15)23-20-10/h4-8H2,1-3H3. The molecule has 0 saturated carbocycles. The maximum absolute atomic E-state index is 13.3. The average Bonchev–Trinajstić information content (AvgIpc) is 3.07. The normalized spacial score (nSPS) is 20.9. The Morgan fingerprint density at radius 3 is 2.62 bits per heavy atom. The zero-order valence-corrected chi connectivity index (χ0v) is 15.2. The number of hydrogen-bond acceptors (Lipinski definition) is 5. The molecule has 0 saturated heterocycles. The van der Waals surface area contributed by atoms with Crippen molar-refractivity contribution in [2.75, 3.05) is 12.5 Å². The summed E-state index contributed by atoms with van der Waals surface area (Å²) in [6.07, 6.45) is -4.07. The van der Waals surface area contributed by atoms with Gasteiger partial charge in [0.05, 0.1) is 18.1 Å². The van der Waals surface area contributed by atoms with Crippen molar-refractivity contribution < 1.29 is 22.7 Å². The molecule has 1 aliphatic heterocycles. The number of aryl methyl sites for hydroxylation is 1. The van der Waals surface area contributed by atoms with Crippen molar-refractivity contribution >= 4 is 28.4 Å². The van der Waals surface area contributed by atoms with E-state index in [1.807, 2.05) is 0 Å². The van der Waals surface area contributed by atoms with Crippen LogP contribution in [0.4, 0.5) is 13.2 Å². The van der Waals surface area contributed by atoms with Gasteiger partial charge in [-0.05, 0) is 20.8 Å². The first kappa shape index (κ1) is 19.2. The van der Waals surface area contributed by atoms with Gasteiger partial charge in [-0.2, -0.15) is 18.3 Å². The molecule has 0 aromatic carbocycles. The SMILES string of the molecule is CCOc1c(CSC2=NOC(C)(CCl)C2)c(C(F)(F)F)nn1CC. The van der Waals surface area contributed by atoms with E-state index < -0.39 is 17.5 Å². The highest BCUT2D eigenvalue weighted by Crippen LogP contribution is 2.39. The molecule has 2 heterocycles. The van der Waals surface area contributed by atoms with E-state index in [0.29, 0.717) is 11.5 Å². The third-order valence-electron chi connectivity index (χ3n) is 3.41. The van der Waals surface area contributed by atoms with E-state index in [2.05, 4.69) is 10.3 Å². The minimum Gasteiger partial charge on any atom is -0.478 e. The molecule has 10 heteroatoms. The lowest BCUT2D eigenvalue weighted by Gasteiger charge is -2.16. The molecule has 0 radical (unpaired) electrons. The van der Waals surface area contributed by atoms with E-state index >= 15 is 0 Å². The molecule has 136 valence electrons. The van der Waals surface area contributed by atoms with E-state index in [9.17, 15) is 13.2 Å². The predicted molar refractivity (Wildman–Crippen MR) is 87.6 cm³/mol. The second-order valence-electron chi connectivity index (χ2n) is 5.50. The van der Waals surface area contributed by atoms with Crippen molar-refractivity contribution in [2.45, 2.75) is 51.3 Å². The van der Waals surface area contributed by atoms with Crippen molar-refractivity contribution in [3.63, 3.8) is 0 Å². The lowest BCUT2D eigenvalue weighted by molar-refractivity contribution is -0.142. The number of thioether (sulfide) groups is 1. The molecular weight excluding hydrogens is 367 g/mol. The quantitative estimate of drug-likeness (QED) is 0.685. The number of alkyl halides is 4. The summed E-state index contributed by atoms with van der Waals surface area (Å²) in [5.41, 5.74) is -1.49. The molecule has 1 unspecified atom stereocenters. The fourth-order valence-electron chi connectivity index (χ4n) is 2.20. The molecule has 0 aliphatic carbocycles. The first-order valence-electron chi connectivity index (χ1n) is 7.47. The fourth-order valence-corrected chi connectivity index (χ4v) is 3.42. The van der Waals surface area contributed by atoms with Crippen LogP contribution in [0.2, 0.25) is 0 Å². The fraction of sp³-hybridized carbons (Fsp3) is 0.714. The maximum Gasteiger partial charge on any atom is 0.435 e. The van der Waals surface area contributed by atoms with Gasteiger partial charge in [-0.15, -0.1) is 23.4 Å². The topological polar surface area (TPSA) is 48.6 Å². The van der Waals surface area contributed by atoms with Crippen LogP contribution in [0.25, 0.3) is 0 Å². The van der Waals surface area contributed by atoms with Crippen molar-refractivity contribution in [1.82, 2.24) is 9.78 Å². The van der Waals surface area contributed by atoms with Gasteiger partial charge < -0.3 is 9.57 Å². The van der Waals surface area contributed by atoms with Crippen LogP contribution in [0.5, 0.6) is 5.88 Å². The number of hydrogen-bond donors (Lipinski definition) is 0. The summed E-state index contributed by atoms with van der Waals surface area (Å²) in [7, 11) is 0. The molecular formula is C14H19ClF3N3O2S. The van der Waals surface area contributed by atoms with Gasteiger partial charge in [-0.3, -0.25) is 0 Å². The summed E-state index contributed by atoms with van der Waals surface area (Å²) in [4.78, 5) is 5.25. The maximum atomic E-state index is 13.3. The first-order valence-corrected chi connectivity index (χ1v) is 8.99. The van der Waals surface area contributed by atoms with Gasteiger partial charge in [-0.1, -0.05) is 5.16 Å². The Labute approximate surface area is 147 Å². The Hall–Kier alpha value is -1.09. The smallest absolute Gasteiger partial charge is 0.435 e. The van der Waals surface area contributed by atoms with Crippen LogP contribution < -0.4 is 4.74 Å². The largest absolute Gasteiger partial charge is 0.478 e. The van der Waals surface area contributed by atoms with Gasteiger partial charge in [-0.25, -0.2) is 4.68 Å². The average molecular weight is 386 g/mol. The summed E-state index contributed by atoms with van der Waals surface area (Å²) >= 11 is 7.00. The van der Waals surface area contributed by atoms with Crippen LogP contribution in [0.15, 0.2) is 5.16 Å². The molecule has 1 aromatic rings. The van der Waals surface area contributed by atoms with E-state index in [1.54, 1.807) is 20.8 Å². The molecule has 2 rings (SSSR count). The zero-order valence-electron chi connectivity index (χ0n) is 13.6. The van der Waals surface area contributed by atoms with E-state index in [1.165, 1.54) is 16.4 Å². The van der Waals surface area contributed by atoms with Crippen LogP contribution in [-0.2, 0) is 23.3 Å². The number of aromatic nitrogens is 2. The molecule has 0 fully saturated rings. The number of rotatable bonds is 6. The summed E-state index contributed by atoms with van der Waals surface area (Å²) in [6, 6.07) is 0. The highest BCUT2D eigenvalue weighted by molar-refractivity contribution is 8.13. The van der Waals surface area contributed by atoms with Gasteiger partial charge in [0.25, 0.3) is 0 Å². The van der Waals surface area contributed by atoms with Crippen molar-refractivity contribution in [3.8, 4) is 5.88 Å². The molecule has 1 aliphatic rings. The van der Waals surface area contributed by atoms with Crippen molar-refractivity contribution in [3.05, 3.63) is 11.3 Å². The number of ether oxygens (including phenoxy) is 1. The minimum atomic E-state index is -4.54. The van der Waals surface area contributed by atoms with Gasteiger partial charge in [0.1, 0.15) is 5.04 Å². The third kappa shape index (κ3) is 4.11. The Bertz CT molecular complexity index is 621. The van der Waals surface area contributed by atoms with Gasteiger partial charge in [0.15, 0.2) is 11.3 Å². The van der Waals surface area contributed by atoms with Crippen molar-refractivity contribution in [2.24, 2.45) is 5.16 Å². The number of oxime groups is 1. The second-order valence-corrected chi connectivity index (χ2v) is 6.82. The van der Waals surface area contributed by atoms with Gasteiger partial charge >= 0.3 is 6.18 Å². The van der Waals surface area contributed by atoms with Gasteiger partial charge in [0.2, 0.25) is 5.88 Å². The Balaban J connectivity index is 2.23. The predicted octanol–water partition coefficient (Wildman–Crippen LogP) is 4.29. The van der Waals surface area contributed by atoms with Gasteiger partial charge in [0, 0.05) is 18.7 Å². The Kier molecular flexibility index (Phi) is 5.95. The summed E-state index contributed by atoms with van der Waals surface area (Å²) < 4.78 is 46.5. The lowest BCUT2D eigenvalue weighted by Crippen LogP contribution is -2.26. The highest BCUT2D eigenvalue weighted by Gasteiger charge is 2.40. The molecule has 0 amide bonds. The Morgan fingerprint density at radius 2 is 2.12 bits per heavy atom. The monoisotopic (exact) mass is 385 g/mol. The first-order chi connectivity index (χ1) is 11.2. The van der Waals surface area contributed by atoms with Crippen LogP contribution in [0.3, 0.4) is 0 Å². The Morgan fingerprint density at radius 1 is 1.42 bits per heavy atom. The lowest BCUT2D eigenvalue weighted by atomic mass is 10.1. The molecule has 1 atom stereocenters. The summed E-state index contributed by atoms with van der Waals surface area (Å²) in [6.45, 7) is 5.79. The third-order valence-corrected chi connectivity index (χ3v) is 4.96. The van der Waals surface area contributed by atoms with Crippen LogP contribution >= 0.6 is 23.4 Å². The summed E-state index contributed by atoms with van der Waals surface area (Å²) in [5, 5.41) is 8.19.